The van der Waals surface area contributed by atoms with Gasteiger partial charge in [-0.3, -0.25) is 24.2 Å². The maximum Gasteiger partial charge on any atom is 0.341 e. The Bertz CT molecular complexity index is 3530. The number of aromatic nitrogens is 1. The quantitative estimate of drug-likeness (QED) is 0.0311. The van der Waals surface area contributed by atoms with Crippen molar-refractivity contribution in [1.82, 2.24) is 14.9 Å². The highest BCUT2D eigenvalue weighted by Crippen LogP contribution is 2.55. The zero-order valence-corrected chi connectivity index (χ0v) is 50.3. The predicted octanol–water partition coefficient (Wildman–Crippen LogP) is 7.55. The number of carboxylic acids is 1. The summed E-state index contributed by atoms with van der Waals surface area (Å²) in [5, 5.41) is 81.8. The number of methoxy groups -OCH3 is 2. The van der Waals surface area contributed by atoms with Gasteiger partial charge in [-0.2, -0.15) is 5.10 Å². The standard InChI is InChI=1S/C63H79FN6O16/c1-29-13-12-14-30(2)61(79)67-48-41(26-65-69-22-18-38(19-23-69)66-35(7)37-17-21-68(27-37)50-43(64)25-40-49(59(50)83-11)70(39-15-16-39)28-42(54(40)75)62(80)81)55(76)45-46(56(48)77)53(74)34(6)58-47(45)60(78)63(9,86-58)84-24-20-44(82-10)31(3)57(85-36(8)71)33(5)52(73)32(4)51(29)72/h12-14,20,24-26,28-29,31-33,35,37-39,44,51-52,57,66,72-74,76-77H,15-19,21-23,27H2,1-11H3,(H,67,79)(H,80,81)/b13-12+,24-20+,30-14-,65-26+/t29-,31+,32+,33+,35?,37?,44-,51-,52+,57+,63-/m0/s1. The molecule has 3 aromatic carbocycles. The number of carboxylic acid groups (broad SMARTS) is 1. The van der Waals surface area contributed by atoms with Gasteiger partial charge >= 0.3 is 17.7 Å². The fraction of sp³-hybridized carbons (Fsp3) is 0.524. The van der Waals surface area contributed by atoms with Gasteiger partial charge in [-0.05, 0) is 70.9 Å². The van der Waals surface area contributed by atoms with Crippen molar-refractivity contribution in [3.05, 3.63) is 86.7 Å². The Labute approximate surface area is 497 Å². The number of rotatable bonds is 11. The Hall–Kier alpha value is -7.73. The number of aromatic hydroxyl groups is 3. The topological polar surface area (TPSA) is 301 Å². The van der Waals surface area contributed by atoms with Crippen LogP contribution in [0.25, 0.3) is 21.7 Å². The fourth-order valence-electron chi connectivity index (χ4n) is 12.8. The Balaban J connectivity index is 0.986. The highest BCUT2D eigenvalue weighted by molar-refractivity contribution is 6.24. The first-order chi connectivity index (χ1) is 40.7. The molecule has 1 amide bonds. The molecule has 1 aromatic heterocycles. The van der Waals surface area contributed by atoms with E-state index in [-0.39, 0.29) is 85.3 Å². The molecular formula is C63H79FN6O16. The molecule has 5 aliphatic heterocycles. The second-order valence-corrected chi connectivity index (χ2v) is 24.0. The van der Waals surface area contributed by atoms with Gasteiger partial charge in [0.1, 0.15) is 34.6 Å². The fourth-order valence-corrected chi connectivity index (χ4v) is 12.8. The van der Waals surface area contributed by atoms with Crippen molar-refractivity contribution in [3.63, 3.8) is 0 Å². The van der Waals surface area contributed by atoms with Gasteiger partial charge in [0.05, 0.1) is 71.0 Å². The number of phenols is 3. The SMILES string of the molecule is COc1c(N2CCC(C(C)NC3CCN(/N=C/c4c5c(O)c6c(O)c(C)c7c(c6c4O)C(=O)[C@@](C)(O/C=C/[C@H](OC)[C@@H](C)[C@@H](OC(C)=O)[C@H](C)[C@H](O)[C@H](C)[C@@H](O)[C@@H](C)/C=C/C=C(/C)C(=O)N5)O7)CC3)C2)c(F)cc2c(=O)c(C(=O)O)cn(C3CC3)c12. The van der Waals surface area contributed by atoms with Crippen LogP contribution < -0.4 is 30.4 Å². The second kappa shape index (κ2) is 24.9. The van der Waals surface area contributed by atoms with E-state index < -0.39 is 112 Å². The molecule has 23 heteroatoms. The van der Waals surface area contributed by atoms with Crippen LogP contribution in [-0.2, 0) is 23.8 Å². The minimum atomic E-state index is -2.12. The van der Waals surface area contributed by atoms with E-state index in [0.29, 0.717) is 44.5 Å². The van der Waals surface area contributed by atoms with E-state index in [4.69, 9.17) is 28.8 Å². The van der Waals surface area contributed by atoms with Gasteiger partial charge in [-0.25, -0.2) is 9.18 Å². The van der Waals surface area contributed by atoms with E-state index in [1.54, 1.807) is 49.4 Å². The molecule has 22 nitrogen and oxygen atoms in total. The zero-order valence-electron chi connectivity index (χ0n) is 50.3. The first-order valence-electron chi connectivity index (χ1n) is 29.3. The second-order valence-electron chi connectivity index (χ2n) is 24.0. The molecule has 5 bridgehead atoms. The van der Waals surface area contributed by atoms with Gasteiger partial charge in [0.15, 0.2) is 17.3 Å². The number of nitrogens with one attached hydrogen (secondary N) is 2. The lowest BCUT2D eigenvalue weighted by atomic mass is 9.78. The van der Waals surface area contributed by atoms with Crippen molar-refractivity contribution in [2.75, 3.05) is 50.6 Å². The third-order valence-corrected chi connectivity index (χ3v) is 18.2. The Morgan fingerprint density at radius 3 is 2.27 bits per heavy atom. The molecule has 10 rings (SSSR count). The number of ether oxygens (including phenoxy) is 5. The van der Waals surface area contributed by atoms with Crippen molar-refractivity contribution in [2.24, 2.45) is 34.7 Å². The van der Waals surface area contributed by atoms with Crippen molar-refractivity contribution in [1.29, 1.82) is 0 Å². The lowest BCUT2D eigenvalue weighted by Crippen LogP contribution is -2.46. The number of anilines is 2. The number of phenolic OH excluding ortho intramolecular Hbond substituents is 3. The average molecular weight is 1200 g/mol. The molecule has 4 aromatic rings. The number of amides is 1. The number of fused-ring (bicyclic) bond motifs is 15. The number of ketones is 1. The van der Waals surface area contributed by atoms with Crippen LogP contribution in [0.2, 0.25) is 0 Å². The lowest BCUT2D eigenvalue weighted by molar-refractivity contribution is -0.160. The molecule has 3 fully saturated rings. The number of aliphatic hydroxyl groups excluding tert-OH is 2. The maximum atomic E-state index is 16.2. The number of allylic oxidation sites excluding steroid dienone is 2. The highest BCUT2D eigenvalue weighted by atomic mass is 19.1. The summed E-state index contributed by atoms with van der Waals surface area (Å²) in [5.74, 6) is -10.7. The number of carbonyl (C=O) groups is 4. The summed E-state index contributed by atoms with van der Waals surface area (Å²) in [4.78, 5) is 68.6. The van der Waals surface area contributed by atoms with Crippen LogP contribution in [0.3, 0.4) is 0 Å². The summed E-state index contributed by atoms with van der Waals surface area (Å²) in [6.07, 6.45) is 9.46. The molecule has 86 heavy (non-hydrogen) atoms. The Kier molecular flexibility index (Phi) is 18.2. The van der Waals surface area contributed by atoms with Crippen LogP contribution in [0.4, 0.5) is 15.8 Å². The van der Waals surface area contributed by atoms with Crippen LogP contribution in [-0.4, -0.2) is 153 Å². The number of Topliss-reactive ketones (excluding diaryl/α,β-unsaturated/α-hetero) is 1. The molecule has 0 radical (unpaired) electrons. The van der Waals surface area contributed by atoms with E-state index in [2.05, 4.69) is 17.6 Å². The van der Waals surface area contributed by atoms with Crippen molar-refractivity contribution in [2.45, 2.75) is 143 Å². The van der Waals surface area contributed by atoms with Crippen LogP contribution in [0.15, 0.2) is 58.3 Å². The van der Waals surface area contributed by atoms with E-state index >= 15 is 4.39 Å². The number of aliphatic hydroxyl groups is 2. The predicted molar refractivity (Wildman–Crippen MR) is 319 cm³/mol. The van der Waals surface area contributed by atoms with Crippen LogP contribution in [0, 0.1) is 42.3 Å². The summed E-state index contributed by atoms with van der Waals surface area (Å²) in [6.45, 7) is 16.3. The van der Waals surface area contributed by atoms with Gasteiger partial charge in [0, 0.05) is 112 Å². The zero-order chi connectivity index (χ0) is 62.5. The Morgan fingerprint density at radius 2 is 1.63 bits per heavy atom. The number of carbonyl (C=O) groups excluding carboxylic acids is 3. The number of hydrogen-bond donors (Lipinski definition) is 8. The molecule has 11 atom stereocenters. The molecule has 1 aliphatic carbocycles. The van der Waals surface area contributed by atoms with Crippen LogP contribution in [0.1, 0.15) is 125 Å². The molecular weight excluding hydrogens is 1120 g/mol. The molecule has 2 saturated heterocycles. The van der Waals surface area contributed by atoms with E-state index in [9.17, 15) is 54.6 Å². The first kappa shape index (κ1) is 62.8. The molecule has 6 aliphatic rings. The normalized spacial score (nSPS) is 28.8. The number of pyridine rings is 1. The molecule has 0 spiro atoms. The van der Waals surface area contributed by atoms with Gasteiger partial charge < -0.3 is 74.4 Å². The van der Waals surface area contributed by atoms with Crippen molar-refractivity contribution < 1.29 is 77.9 Å². The summed E-state index contributed by atoms with van der Waals surface area (Å²) >= 11 is 0. The number of halogens is 1. The molecule has 8 N–H and O–H groups in total. The minimum Gasteiger partial charge on any atom is -0.507 e. The van der Waals surface area contributed by atoms with Gasteiger partial charge in [-0.1, -0.05) is 45.9 Å². The molecule has 6 heterocycles. The van der Waals surface area contributed by atoms with Crippen molar-refractivity contribution in [3.8, 4) is 28.7 Å². The first-order valence-corrected chi connectivity index (χ1v) is 29.3. The average Bonchev–Trinajstić information content (AvgIpc) is 1.44. The van der Waals surface area contributed by atoms with E-state index in [1.165, 1.54) is 72.7 Å². The highest BCUT2D eigenvalue weighted by Gasteiger charge is 2.50. The number of hydrogen-bond acceptors (Lipinski definition) is 19. The monoisotopic (exact) mass is 1190 g/mol. The van der Waals surface area contributed by atoms with Gasteiger partial charge in [0.25, 0.3) is 11.7 Å². The minimum absolute atomic E-state index is 0.0124. The number of nitrogens with zero attached hydrogens (tertiary/aromatic N) is 4. The number of benzene rings is 3. The smallest absolute Gasteiger partial charge is 0.341 e. The Morgan fingerprint density at radius 1 is 0.930 bits per heavy atom. The summed E-state index contributed by atoms with van der Waals surface area (Å²) < 4.78 is 47.7. The van der Waals surface area contributed by atoms with Crippen LogP contribution >= 0.6 is 0 Å². The van der Waals surface area contributed by atoms with E-state index in [0.717, 1.165) is 25.3 Å². The van der Waals surface area contributed by atoms with Gasteiger partial charge in [-0.15, -0.1) is 0 Å². The third-order valence-electron chi connectivity index (χ3n) is 18.2. The number of aromatic carboxylic acids is 1. The third kappa shape index (κ3) is 11.8. The number of piperidine rings is 1. The lowest BCUT2D eigenvalue weighted by Gasteiger charge is -2.38. The maximum absolute atomic E-state index is 16.2. The van der Waals surface area contributed by atoms with Gasteiger partial charge in [0.2, 0.25) is 5.43 Å². The molecule has 2 unspecified atom stereocenters. The number of hydrazone groups is 1. The summed E-state index contributed by atoms with van der Waals surface area (Å²) in [6, 6.07) is 1.11. The summed E-state index contributed by atoms with van der Waals surface area (Å²) in [7, 11) is 2.84. The van der Waals surface area contributed by atoms with E-state index in [1.807, 2.05) is 4.90 Å². The molecule has 464 valence electrons. The summed E-state index contributed by atoms with van der Waals surface area (Å²) in [5.41, 5.74) is -1.22. The van der Waals surface area contributed by atoms with Crippen molar-refractivity contribution >= 4 is 62.9 Å². The molecule has 1 saturated carbocycles. The largest absolute Gasteiger partial charge is 0.507 e. The van der Waals surface area contributed by atoms with Crippen LogP contribution in [0.5, 0.6) is 28.7 Å². The number of esters is 1.